The Balaban J connectivity index is 0.00000105. The Morgan fingerprint density at radius 3 is 2.35 bits per heavy atom. The number of nitrogens with one attached hydrogen (secondary N) is 1. The molecular formula is C15H21F3N2O5S. The number of hydrogen-bond donors (Lipinski definition) is 3. The second kappa shape index (κ2) is 9.83. The van der Waals surface area contributed by atoms with Gasteiger partial charge >= 0.3 is 6.18 Å². The van der Waals surface area contributed by atoms with Gasteiger partial charge in [-0.05, 0) is 25.0 Å². The van der Waals surface area contributed by atoms with E-state index in [1.165, 1.54) is 0 Å². The summed E-state index contributed by atoms with van der Waals surface area (Å²) in [6.45, 7) is -0.250. The van der Waals surface area contributed by atoms with Crippen molar-refractivity contribution in [1.82, 2.24) is 9.71 Å². The van der Waals surface area contributed by atoms with Gasteiger partial charge in [-0.15, -0.1) is 0 Å². The van der Waals surface area contributed by atoms with Gasteiger partial charge in [0.05, 0.1) is 6.10 Å². The second-order valence-corrected chi connectivity index (χ2v) is 7.42. The molecule has 11 heteroatoms. The Kier molecular flexibility index (Phi) is 8.44. The van der Waals surface area contributed by atoms with Crippen molar-refractivity contribution in [1.29, 1.82) is 0 Å². The van der Waals surface area contributed by atoms with E-state index < -0.39 is 38.9 Å². The zero-order valence-electron chi connectivity index (χ0n) is 13.8. The standard InChI is InChI=1S/C14H19F3N2O3S.CH2O2/c15-14(16,17)13-12(8-5-9-18-13)23(21,22)19-10-6-3-1-2-4-7-11(10)20;2-1-3/h5,8-11,19-20H,1-4,6-7H2;1H,(H,2,3)/t10-,11-;/m0./s1. The number of halogens is 3. The molecule has 1 aliphatic rings. The molecular weight excluding hydrogens is 377 g/mol. The Hall–Kier alpha value is -1.72. The Labute approximate surface area is 149 Å². The summed E-state index contributed by atoms with van der Waals surface area (Å²) in [4.78, 5) is 10.6. The van der Waals surface area contributed by atoms with Crippen LogP contribution >= 0.6 is 0 Å². The summed E-state index contributed by atoms with van der Waals surface area (Å²) in [5.41, 5.74) is -1.45. The van der Waals surface area contributed by atoms with Gasteiger partial charge in [0, 0.05) is 12.2 Å². The maximum absolute atomic E-state index is 12.9. The monoisotopic (exact) mass is 398 g/mol. The minimum absolute atomic E-state index is 0.250. The Morgan fingerprint density at radius 2 is 1.77 bits per heavy atom. The van der Waals surface area contributed by atoms with Crippen LogP contribution in [0.25, 0.3) is 0 Å². The fourth-order valence-electron chi connectivity index (χ4n) is 2.69. The number of carbonyl (C=O) groups is 1. The van der Waals surface area contributed by atoms with E-state index in [1.54, 1.807) is 0 Å². The number of sulfonamides is 1. The van der Waals surface area contributed by atoms with Gasteiger partial charge in [-0.2, -0.15) is 13.2 Å². The number of pyridine rings is 1. The van der Waals surface area contributed by atoms with Gasteiger partial charge in [0.15, 0.2) is 5.69 Å². The molecule has 7 nitrogen and oxygen atoms in total. The molecule has 0 aromatic carbocycles. The highest BCUT2D eigenvalue weighted by atomic mass is 32.2. The summed E-state index contributed by atoms with van der Waals surface area (Å²) in [5.74, 6) is 0. The molecule has 0 saturated heterocycles. The molecule has 0 bridgehead atoms. The van der Waals surface area contributed by atoms with Gasteiger partial charge in [0.1, 0.15) is 4.90 Å². The topological polar surface area (TPSA) is 117 Å². The zero-order valence-corrected chi connectivity index (χ0v) is 14.6. The number of aliphatic hydroxyl groups excluding tert-OH is 1. The largest absolute Gasteiger partial charge is 0.483 e. The van der Waals surface area contributed by atoms with Crippen molar-refractivity contribution in [3.8, 4) is 0 Å². The molecule has 0 radical (unpaired) electrons. The number of nitrogens with zero attached hydrogens (tertiary/aromatic N) is 1. The number of alkyl halides is 3. The van der Waals surface area contributed by atoms with Crippen LogP contribution in [0, 0.1) is 0 Å². The van der Waals surface area contributed by atoms with E-state index in [0.717, 1.165) is 37.6 Å². The van der Waals surface area contributed by atoms with Crippen LogP contribution in [-0.4, -0.2) is 42.2 Å². The van der Waals surface area contributed by atoms with E-state index >= 15 is 0 Å². The summed E-state index contributed by atoms with van der Waals surface area (Å²) >= 11 is 0. The molecule has 1 saturated carbocycles. The van der Waals surface area contributed by atoms with E-state index in [-0.39, 0.29) is 6.47 Å². The van der Waals surface area contributed by atoms with E-state index in [9.17, 15) is 26.7 Å². The van der Waals surface area contributed by atoms with Gasteiger partial charge in [-0.1, -0.05) is 25.7 Å². The molecule has 1 aromatic rings. The molecule has 26 heavy (non-hydrogen) atoms. The average Bonchev–Trinajstić information content (AvgIpc) is 2.55. The lowest BCUT2D eigenvalue weighted by atomic mass is 9.95. The third-order valence-corrected chi connectivity index (χ3v) is 5.39. The summed E-state index contributed by atoms with van der Waals surface area (Å²) in [6.07, 6.45) is -0.728. The lowest BCUT2D eigenvalue weighted by Gasteiger charge is -2.26. The lowest BCUT2D eigenvalue weighted by molar-refractivity contribution is -0.143. The first-order valence-corrected chi connectivity index (χ1v) is 9.42. The first-order chi connectivity index (χ1) is 12.1. The minimum atomic E-state index is -4.87. The highest BCUT2D eigenvalue weighted by molar-refractivity contribution is 7.89. The highest BCUT2D eigenvalue weighted by Crippen LogP contribution is 2.32. The van der Waals surface area contributed by atoms with Crippen molar-refractivity contribution < 1.29 is 36.6 Å². The summed E-state index contributed by atoms with van der Waals surface area (Å²) < 4.78 is 65.8. The van der Waals surface area contributed by atoms with Crippen LogP contribution in [0.3, 0.4) is 0 Å². The van der Waals surface area contributed by atoms with Gasteiger partial charge in [0.2, 0.25) is 10.0 Å². The molecule has 2 atom stereocenters. The number of carboxylic acid groups (broad SMARTS) is 1. The number of aliphatic hydroxyl groups is 1. The van der Waals surface area contributed by atoms with Gasteiger partial charge < -0.3 is 10.2 Å². The Bertz CT molecular complexity index is 682. The maximum Gasteiger partial charge on any atom is 0.434 e. The minimum Gasteiger partial charge on any atom is -0.483 e. The summed E-state index contributed by atoms with van der Waals surface area (Å²) in [7, 11) is -4.43. The highest BCUT2D eigenvalue weighted by Gasteiger charge is 2.39. The average molecular weight is 398 g/mol. The van der Waals surface area contributed by atoms with Crippen molar-refractivity contribution >= 4 is 16.5 Å². The van der Waals surface area contributed by atoms with Gasteiger partial charge in [-0.3, -0.25) is 9.78 Å². The van der Waals surface area contributed by atoms with Crippen LogP contribution in [0.5, 0.6) is 0 Å². The maximum atomic E-state index is 12.9. The first-order valence-electron chi connectivity index (χ1n) is 7.94. The predicted octanol–water partition coefficient (Wildman–Crippen LogP) is 2.16. The van der Waals surface area contributed by atoms with E-state index in [2.05, 4.69) is 9.71 Å². The van der Waals surface area contributed by atoms with Crippen LogP contribution < -0.4 is 4.72 Å². The molecule has 1 heterocycles. The predicted molar refractivity (Wildman–Crippen MR) is 85.8 cm³/mol. The molecule has 0 unspecified atom stereocenters. The summed E-state index contributed by atoms with van der Waals surface area (Å²) in [6, 6.07) is 1.22. The van der Waals surface area contributed by atoms with Gasteiger partial charge in [-0.25, -0.2) is 13.1 Å². The van der Waals surface area contributed by atoms with E-state index in [4.69, 9.17) is 9.90 Å². The smallest absolute Gasteiger partial charge is 0.434 e. The quantitative estimate of drug-likeness (QED) is 0.672. The fraction of sp³-hybridized carbons (Fsp3) is 0.600. The van der Waals surface area contributed by atoms with Crippen molar-refractivity contribution in [3.05, 3.63) is 24.0 Å². The van der Waals surface area contributed by atoms with E-state index in [0.29, 0.717) is 19.3 Å². The molecule has 1 aromatic heterocycles. The normalized spacial score (nSPS) is 21.7. The third-order valence-electron chi connectivity index (χ3n) is 3.86. The lowest BCUT2D eigenvalue weighted by Crippen LogP contribution is -2.44. The van der Waals surface area contributed by atoms with Gasteiger partial charge in [0.25, 0.3) is 6.47 Å². The summed E-state index contributed by atoms with van der Waals surface area (Å²) in [5, 5.41) is 16.9. The van der Waals surface area contributed by atoms with Crippen LogP contribution in [0.4, 0.5) is 13.2 Å². The number of aromatic nitrogens is 1. The van der Waals surface area contributed by atoms with Crippen molar-refractivity contribution in [2.45, 2.75) is 61.7 Å². The number of hydrogen-bond acceptors (Lipinski definition) is 5. The molecule has 1 fully saturated rings. The fourth-order valence-corrected chi connectivity index (χ4v) is 4.17. The van der Waals surface area contributed by atoms with Crippen molar-refractivity contribution in [2.75, 3.05) is 0 Å². The third kappa shape index (κ3) is 6.54. The molecule has 0 aliphatic heterocycles. The molecule has 0 spiro atoms. The molecule has 148 valence electrons. The Morgan fingerprint density at radius 1 is 1.19 bits per heavy atom. The van der Waals surface area contributed by atoms with Crippen molar-refractivity contribution in [2.24, 2.45) is 0 Å². The van der Waals surface area contributed by atoms with Crippen LogP contribution in [-0.2, 0) is 21.0 Å². The number of rotatable bonds is 3. The van der Waals surface area contributed by atoms with Crippen LogP contribution in [0.1, 0.15) is 44.2 Å². The van der Waals surface area contributed by atoms with Crippen LogP contribution in [0.2, 0.25) is 0 Å². The SMILES string of the molecule is O=CO.O=S(=O)(N[C@H]1CCCCCC[C@@H]1O)c1cccnc1C(F)(F)F. The molecule has 3 N–H and O–H groups in total. The zero-order chi connectivity index (χ0) is 19.8. The molecule has 1 aliphatic carbocycles. The van der Waals surface area contributed by atoms with Crippen LogP contribution in [0.15, 0.2) is 23.2 Å². The first kappa shape index (κ1) is 22.3. The molecule has 0 amide bonds. The molecule has 2 rings (SSSR count). The second-order valence-electron chi connectivity index (χ2n) is 5.74. The van der Waals surface area contributed by atoms with E-state index in [1.807, 2.05) is 0 Å². The van der Waals surface area contributed by atoms with Crippen molar-refractivity contribution in [3.63, 3.8) is 0 Å².